The van der Waals surface area contributed by atoms with Gasteiger partial charge in [-0.05, 0) is 37.3 Å². The first-order valence-corrected chi connectivity index (χ1v) is 8.57. The molecule has 6 nitrogen and oxygen atoms in total. The van der Waals surface area contributed by atoms with E-state index in [1.807, 2.05) is 24.4 Å². The monoisotopic (exact) mass is 336 g/mol. The van der Waals surface area contributed by atoms with Crippen molar-refractivity contribution in [2.45, 2.75) is 32.2 Å². The molecule has 0 aliphatic carbocycles. The van der Waals surface area contributed by atoms with Crippen LogP contribution < -0.4 is 11.2 Å². The van der Waals surface area contributed by atoms with E-state index < -0.39 is 0 Å². The quantitative estimate of drug-likeness (QED) is 0.794. The normalized spacial score (nSPS) is 13.3. The lowest BCUT2D eigenvalue weighted by molar-refractivity contribution is 0.557. The molecular weight excluding hydrogens is 316 g/mol. The Balaban J connectivity index is 1.60. The predicted molar refractivity (Wildman–Crippen MR) is 99.0 cm³/mol. The maximum atomic E-state index is 12.7. The predicted octanol–water partition coefficient (Wildman–Crippen LogP) is 2.31. The summed E-state index contributed by atoms with van der Waals surface area (Å²) in [5.74, 6) is 0.508. The van der Waals surface area contributed by atoms with Gasteiger partial charge in [0.25, 0.3) is 5.56 Å². The standard InChI is InChI=1S/C19H20N4O2/c1-22-17-15(8-4-10-20-17)18(24)23(19(22)25)11-5-6-13-12-21-16-9-3-2-7-14(13)16/h2-3,7,9-10,12,21H,4-6,8,11H2,1H3. The first-order valence-electron chi connectivity index (χ1n) is 8.57. The van der Waals surface area contributed by atoms with Crippen LogP contribution in [0.1, 0.15) is 24.0 Å². The fourth-order valence-electron chi connectivity index (χ4n) is 3.53. The van der Waals surface area contributed by atoms with Crippen LogP contribution in [0.3, 0.4) is 0 Å². The third-order valence-corrected chi connectivity index (χ3v) is 4.85. The zero-order chi connectivity index (χ0) is 17.4. The van der Waals surface area contributed by atoms with E-state index >= 15 is 0 Å². The van der Waals surface area contributed by atoms with Crippen molar-refractivity contribution in [2.75, 3.05) is 0 Å². The largest absolute Gasteiger partial charge is 0.361 e. The molecule has 0 spiro atoms. The highest BCUT2D eigenvalue weighted by molar-refractivity contribution is 5.83. The lowest BCUT2D eigenvalue weighted by Gasteiger charge is -2.15. The summed E-state index contributed by atoms with van der Waals surface area (Å²) in [6, 6.07) is 8.15. The molecule has 0 atom stereocenters. The van der Waals surface area contributed by atoms with E-state index in [1.54, 1.807) is 13.3 Å². The molecule has 0 saturated carbocycles. The average Bonchev–Trinajstić information content (AvgIpc) is 3.06. The van der Waals surface area contributed by atoms with E-state index in [9.17, 15) is 9.59 Å². The zero-order valence-corrected chi connectivity index (χ0v) is 14.2. The minimum absolute atomic E-state index is 0.186. The van der Waals surface area contributed by atoms with Crippen LogP contribution in [0.5, 0.6) is 0 Å². The van der Waals surface area contributed by atoms with Gasteiger partial charge in [-0.25, -0.2) is 9.79 Å². The third-order valence-electron chi connectivity index (χ3n) is 4.85. The number of aromatic nitrogens is 3. The number of nitrogens with zero attached hydrogens (tertiary/aromatic N) is 3. The number of hydrogen-bond donors (Lipinski definition) is 1. The number of H-pyrrole nitrogens is 1. The van der Waals surface area contributed by atoms with Crippen LogP contribution >= 0.6 is 0 Å². The van der Waals surface area contributed by atoms with Gasteiger partial charge in [0.1, 0.15) is 5.82 Å². The van der Waals surface area contributed by atoms with Crippen molar-refractivity contribution in [3.63, 3.8) is 0 Å². The lowest BCUT2D eigenvalue weighted by Crippen LogP contribution is -2.41. The van der Waals surface area contributed by atoms with Crippen molar-refractivity contribution in [1.29, 1.82) is 0 Å². The fraction of sp³-hybridized carbons (Fsp3) is 0.316. The Hall–Kier alpha value is -2.89. The molecule has 1 aromatic carbocycles. The van der Waals surface area contributed by atoms with Gasteiger partial charge in [0.15, 0.2) is 0 Å². The molecule has 4 rings (SSSR count). The number of para-hydroxylation sites is 1. The third kappa shape index (κ3) is 2.63. The fourth-order valence-corrected chi connectivity index (χ4v) is 3.53. The number of aryl methyl sites for hydroxylation is 1. The molecule has 0 unspecified atom stereocenters. The number of aromatic amines is 1. The average molecular weight is 336 g/mol. The van der Waals surface area contributed by atoms with Crippen molar-refractivity contribution in [1.82, 2.24) is 14.1 Å². The molecule has 1 aliphatic rings. The number of nitrogens with one attached hydrogen (secondary N) is 1. The Bertz CT molecular complexity index is 1080. The molecule has 1 aliphatic heterocycles. The molecule has 0 bridgehead atoms. The van der Waals surface area contributed by atoms with Crippen LogP contribution in [0.2, 0.25) is 0 Å². The van der Waals surface area contributed by atoms with E-state index in [4.69, 9.17) is 0 Å². The maximum Gasteiger partial charge on any atom is 0.332 e. The van der Waals surface area contributed by atoms with E-state index in [-0.39, 0.29) is 11.2 Å². The first kappa shape index (κ1) is 15.6. The van der Waals surface area contributed by atoms with Crippen molar-refractivity contribution in [2.24, 2.45) is 12.0 Å². The molecule has 3 heterocycles. The molecule has 128 valence electrons. The van der Waals surface area contributed by atoms with E-state index in [0.29, 0.717) is 24.3 Å². The minimum atomic E-state index is -0.290. The Morgan fingerprint density at radius 3 is 2.96 bits per heavy atom. The Morgan fingerprint density at radius 1 is 1.24 bits per heavy atom. The summed E-state index contributed by atoms with van der Waals surface area (Å²) in [6.07, 6.45) is 6.72. The second kappa shape index (κ2) is 6.20. The SMILES string of the molecule is Cn1c2c(c(=O)n(CCCc3c[nH]c4ccccc34)c1=O)CCC=N2. The molecule has 3 aromatic rings. The maximum absolute atomic E-state index is 12.7. The van der Waals surface area contributed by atoms with Crippen molar-refractivity contribution >= 4 is 22.9 Å². The number of hydrogen-bond acceptors (Lipinski definition) is 3. The lowest BCUT2D eigenvalue weighted by atomic mass is 10.1. The Morgan fingerprint density at radius 2 is 2.08 bits per heavy atom. The number of fused-ring (bicyclic) bond motifs is 2. The van der Waals surface area contributed by atoms with E-state index in [2.05, 4.69) is 16.0 Å². The first-order chi connectivity index (χ1) is 12.2. The smallest absolute Gasteiger partial charge is 0.332 e. The van der Waals surface area contributed by atoms with Gasteiger partial charge >= 0.3 is 5.69 Å². The molecule has 1 N–H and O–H groups in total. The Labute approximate surface area is 144 Å². The highest BCUT2D eigenvalue weighted by atomic mass is 16.2. The number of benzene rings is 1. The second-order valence-electron chi connectivity index (χ2n) is 6.41. The van der Waals surface area contributed by atoms with Gasteiger partial charge in [-0.3, -0.25) is 13.9 Å². The van der Waals surface area contributed by atoms with Crippen LogP contribution in [0, 0.1) is 0 Å². The Kier molecular flexibility index (Phi) is 3.87. The summed E-state index contributed by atoms with van der Waals surface area (Å²) >= 11 is 0. The van der Waals surface area contributed by atoms with Crippen molar-refractivity contribution in [3.8, 4) is 0 Å². The summed E-state index contributed by atoms with van der Waals surface area (Å²) in [7, 11) is 1.68. The van der Waals surface area contributed by atoms with Gasteiger partial charge < -0.3 is 4.98 Å². The zero-order valence-electron chi connectivity index (χ0n) is 14.2. The van der Waals surface area contributed by atoms with Crippen LogP contribution in [0.15, 0.2) is 45.0 Å². The summed E-state index contributed by atoms with van der Waals surface area (Å²) in [4.78, 5) is 32.7. The van der Waals surface area contributed by atoms with Crippen LogP contribution in [0.4, 0.5) is 5.82 Å². The highest BCUT2D eigenvalue weighted by Crippen LogP contribution is 2.20. The van der Waals surface area contributed by atoms with Gasteiger partial charge in [0.05, 0.1) is 5.56 Å². The summed E-state index contributed by atoms with van der Waals surface area (Å²) in [6.45, 7) is 0.419. The minimum Gasteiger partial charge on any atom is -0.361 e. The van der Waals surface area contributed by atoms with Gasteiger partial charge in [0, 0.05) is 36.9 Å². The topological polar surface area (TPSA) is 72.2 Å². The summed E-state index contributed by atoms with van der Waals surface area (Å²) in [5, 5.41) is 1.20. The molecule has 25 heavy (non-hydrogen) atoms. The van der Waals surface area contributed by atoms with Crippen LogP contribution in [0.25, 0.3) is 10.9 Å². The molecule has 0 amide bonds. The van der Waals surface area contributed by atoms with Gasteiger partial charge in [-0.1, -0.05) is 18.2 Å². The molecule has 0 radical (unpaired) electrons. The van der Waals surface area contributed by atoms with Gasteiger partial charge in [-0.15, -0.1) is 0 Å². The molecule has 0 fully saturated rings. The van der Waals surface area contributed by atoms with Crippen molar-refractivity contribution < 1.29 is 0 Å². The highest BCUT2D eigenvalue weighted by Gasteiger charge is 2.18. The van der Waals surface area contributed by atoms with E-state index in [1.165, 1.54) is 20.1 Å². The van der Waals surface area contributed by atoms with E-state index in [0.717, 1.165) is 24.8 Å². The van der Waals surface area contributed by atoms with Crippen molar-refractivity contribution in [3.05, 3.63) is 62.4 Å². The summed E-state index contributed by atoms with van der Waals surface area (Å²) < 4.78 is 2.84. The molecule has 2 aromatic heterocycles. The van der Waals surface area contributed by atoms with Crippen LogP contribution in [-0.4, -0.2) is 20.3 Å². The summed E-state index contributed by atoms with van der Waals surface area (Å²) in [5.41, 5.74) is 2.49. The van der Waals surface area contributed by atoms with Gasteiger partial charge in [-0.2, -0.15) is 0 Å². The number of rotatable bonds is 4. The van der Waals surface area contributed by atoms with Crippen LogP contribution in [-0.2, 0) is 26.4 Å². The molecular formula is C19H20N4O2. The van der Waals surface area contributed by atoms with Gasteiger partial charge in [0.2, 0.25) is 0 Å². The number of aliphatic imine (C=N–C) groups is 1. The molecule has 0 saturated heterocycles. The second-order valence-corrected chi connectivity index (χ2v) is 6.41. The molecule has 6 heteroatoms.